The van der Waals surface area contributed by atoms with Crippen molar-refractivity contribution >= 4 is 42.8 Å². The zero-order valence-electron chi connectivity index (χ0n) is 40.9. The number of piperidine rings is 3. The second-order valence-corrected chi connectivity index (χ2v) is 17.0. The molecule has 3 aliphatic rings. The number of hydrogen-bond donors (Lipinski definition) is 7. The maximum Gasteiger partial charge on any atom is 0.337 e. The summed E-state index contributed by atoms with van der Waals surface area (Å²) in [5.41, 5.74) is 3.58. The number of aryl methyl sites for hydroxylation is 3. The Morgan fingerprint density at radius 1 is 0.611 bits per heavy atom. The van der Waals surface area contributed by atoms with E-state index in [4.69, 9.17) is 25.2 Å². The maximum absolute atomic E-state index is 13.0. The van der Waals surface area contributed by atoms with Crippen molar-refractivity contribution in [1.82, 2.24) is 30.1 Å². The lowest BCUT2D eigenvalue weighted by molar-refractivity contribution is 0.0500. The summed E-state index contributed by atoms with van der Waals surface area (Å²) < 4.78 is 5.79. The Balaban J connectivity index is 0.000000256. The Hall–Kier alpha value is -6.99. The molecule has 0 saturated carbocycles. The number of phenols is 3. The van der Waals surface area contributed by atoms with Crippen LogP contribution in [0.5, 0.6) is 23.0 Å². The number of nitrogens with one attached hydrogen (secondary N) is 1. The van der Waals surface area contributed by atoms with Gasteiger partial charge in [0, 0.05) is 49.1 Å². The number of pyridine rings is 3. The number of ether oxygens (including phenoxy) is 1. The summed E-state index contributed by atoms with van der Waals surface area (Å²) in [4.78, 5) is 72.8. The average molecular weight is 1020 g/mol. The third-order valence-corrected chi connectivity index (χ3v) is 12.1. The molecular formula is C53H67ClN6O12. The van der Waals surface area contributed by atoms with Crippen LogP contribution in [0.2, 0.25) is 0 Å². The molecule has 2 amide bonds. The fourth-order valence-electron chi connectivity index (χ4n) is 8.04. The maximum atomic E-state index is 13.0. The van der Waals surface area contributed by atoms with Crippen LogP contribution in [0.1, 0.15) is 127 Å². The quantitative estimate of drug-likeness (QED) is 0.0701. The molecule has 0 spiro atoms. The van der Waals surface area contributed by atoms with Crippen LogP contribution in [0.15, 0.2) is 91.4 Å². The molecule has 0 bridgehead atoms. The molecule has 0 radical (unpaired) electrons. The van der Waals surface area contributed by atoms with Gasteiger partial charge in [-0.15, -0.1) is 12.4 Å². The molecule has 0 unspecified atom stereocenters. The molecule has 0 aliphatic carbocycles. The molecule has 3 saturated heterocycles. The van der Waals surface area contributed by atoms with Crippen LogP contribution < -0.4 is 10.1 Å². The number of hydrogen-bond acceptors (Lipinski definition) is 15. The molecule has 3 fully saturated rings. The van der Waals surface area contributed by atoms with Crippen LogP contribution in [-0.2, 0) is 0 Å². The number of aliphatic hydroxyl groups is 2. The van der Waals surface area contributed by atoms with E-state index in [-0.39, 0.29) is 83.5 Å². The van der Waals surface area contributed by atoms with E-state index in [0.717, 1.165) is 63.7 Å². The number of carboxylic acid groups (broad SMARTS) is 1. The number of carbonyl (C=O) groups is 5. The molecule has 19 heteroatoms. The molecular weight excluding hydrogens is 948 g/mol. The van der Waals surface area contributed by atoms with Crippen molar-refractivity contribution in [3.05, 3.63) is 136 Å². The smallest absolute Gasteiger partial charge is 0.337 e. The van der Waals surface area contributed by atoms with Gasteiger partial charge in [-0.2, -0.15) is 0 Å². The fraction of sp³-hybridized carbons (Fsp3) is 0.396. The third kappa shape index (κ3) is 17.7. The summed E-state index contributed by atoms with van der Waals surface area (Å²) in [6.07, 6.45) is 15.4. The van der Waals surface area contributed by atoms with Crippen LogP contribution >= 0.6 is 12.4 Å². The van der Waals surface area contributed by atoms with Gasteiger partial charge in [0.25, 0.3) is 11.8 Å². The van der Waals surface area contributed by atoms with Gasteiger partial charge in [0.05, 0.1) is 58.8 Å². The summed E-state index contributed by atoms with van der Waals surface area (Å²) in [5.74, 6) is -1.16. The number of carbonyl (C=O) groups excluding carboxylic acids is 4. The largest absolute Gasteiger partial charge is 0.507 e. The summed E-state index contributed by atoms with van der Waals surface area (Å²) in [6, 6.07) is 19.4. The van der Waals surface area contributed by atoms with Gasteiger partial charge in [0.1, 0.15) is 29.6 Å². The van der Waals surface area contributed by atoms with E-state index in [9.17, 15) is 34.2 Å². The number of aliphatic hydroxyl groups excluding tert-OH is 2. The lowest BCUT2D eigenvalue weighted by Gasteiger charge is -2.36. The standard InChI is InChI=1S/C20H22N2O4.C13H18N2O2.C7H7NO2.C7H6O3.C6H13NO.ClH/c1-14-16(7-5-10-21-14)20(25)22-11-3-2-6-15(22)13-26-19-9-4-8-18(24)17(19)12-23;1-10-12(6-4-7-14-10)13(17)15-8-3-2-5-11(15)9-16;1-5-6(7(9)10)3-2-4-8-5;8-4-5-6(9)2-1-3-7(5)10;8-5-6-3-1-2-4-7-6;/h4-5,7-10,12,15,24H,2-3,6,11,13H2,1H3;4,6-7,11,16H,2-3,5,8-9H2,1H3;2-4H,1H3,(H,9,10);1-4,9-10H;6-8H,1-5H2;1H/t15-;11-;;;6-;/m00..0./s1. The zero-order valence-corrected chi connectivity index (χ0v) is 41.7. The summed E-state index contributed by atoms with van der Waals surface area (Å²) in [7, 11) is 0. The zero-order chi connectivity index (χ0) is 51.7. The summed E-state index contributed by atoms with van der Waals surface area (Å²) in [6.45, 7) is 8.45. The SMILES string of the molecule is Cc1ncccc1C(=O)N1CCCC[C@H]1CO.Cc1ncccc1C(=O)N1CCCC[C@H]1COc1cccc(O)c1C=O.Cc1ncccc1C(=O)O.Cl.O=Cc1c(O)cccc1O.OC[C@@H]1CCCCN1. The highest BCUT2D eigenvalue weighted by Gasteiger charge is 2.30. The van der Waals surface area contributed by atoms with Crippen molar-refractivity contribution in [2.45, 2.75) is 96.7 Å². The van der Waals surface area contributed by atoms with Gasteiger partial charge in [-0.1, -0.05) is 18.6 Å². The number of benzene rings is 2. The van der Waals surface area contributed by atoms with Crippen molar-refractivity contribution in [2.24, 2.45) is 0 Å². The van der Waals surface area contributed by atoms with Gasteiger partial charge in [0.2, 0.25) is 0 Å². The Morgan fingerprint density at radius 2 is 1.07 bits per heavy atom. The van der Waals surface area contributed by atoms with Crippen molar-refractivity contribution < 1.29 is 59.3 Å². The van der Waals surface area contributed by atoms with Gasteiger partial charge in [0.15, 0.2) is 12.6 Å². The lowest BCUT2D eigenvalue weighted by Crippen LogP contribution is -2.47. The highest BCUT2D eigenvalue weighted by molar-refractivity contribution is 5.96. The van der Waals surface area contributed by atoms with Crippen LogP contribution in [0.4, 0.5) is 0 Å². The van der Waals surface area contributed by atoms with E-state index in [1.165, 1.54) is 43.2 Å². The number of likely N-dealkylation sites (tertiary alicyclic amines) is 2. The van der Waals surface area contributed by atoms with E-state index < -0.39 is 5.97 Å². The first-order chi connectivity index (χ1) is 34.3. The fourth-order valence-corrected chi connectivity index (χ4v) is 8.04. The second kappa shape index (κ2) is 31.4. The monoisotopic (exact) mass is 1010 g/mol. The number of aldehydes is 2. The molecule has 7 N–H and O–H groups in total. The van der Waals surface area contributed by atoms with Gasteiger partial charge < -0.3 is 50.5 Å². The molecule has 5 aromatic rings. The number of carboxylic acids is 1. The predicted octanol–water partition coefficient (Wildman–Crippen LogP) is 6.90. The minimum atomic E-state index is -0.925. The molecule has 72 heavy (non-hydrogen) atoms. The van der Waals surface area contributed by atoms with Crippen molar-refractivity contribution in [1.29, 1.82) is 0 Å². The summed E-state index contributed by atoms with van der Waals surface area (Å²) in [5, 5.41) is 57.3. The minimum absolute atomic E-state index is 0. The van der Waals surface area contributed by atoms with Crippen LogP contribution in [-0.4, -0.2) is 143 Å². The van der Waals surface area contributed by atoms with E-state index in [1.54, 1.807) is 72.9 Å². The first kappa shape index (κ1) is 59.3. The molecule has 3 aromatic heterocycles. The van der Waals surface area contributed by atoms with Crippen LogP contribution in [0.25, 0.3) is 0 Å². The van der Waals surface area contributed by atoms with E-state index in [0.29, 0.717) is 60.0 Å². The molecule has 3 atom stereocenters. The Morgan fingerprint density at radius 3 is 1.47 bits per heavy atom. The van der Waals surface area contributed by atoms with Crippen LogP contribution in [0.3, 0.4) is 0 Å². The number of halogens is 1. The van der Waals surface area contributed by atoms with Gasteiger partial charge in [-0.25, -0.2) is 4.79 Å². The minimum Gasteiger partial charge on any atom is -0.507 e. The van der Waals surface area contributed by atoms with Crippen molar-refractivity contribution in [2.75, 3.05) is 39.5 Å². The Kier molecular flexibility index (Phi) is 25.8. The lowest BCUT2D eigenvalue weighted by atomic mass is 10.0. The number of aromatic hydroxyl groups is 3. The first-order valence-electron chi connectivity index (χ1n) is 23.7. The molecule has 6 heterocycles. The highest BCUT2D eigenvalue weighted by Crippen LogP contribution is 2.28. The Labute approximate surface area is 426 Å². The topological polar surface area (TPSA) is 273 Å². The second-order valence-electron chi connectivity index (χ2n) is 17.0. The Bertz CT molecular complexity index is 2490. The predicted molar refractivity (Wildman–Crippen MR) is 272 cm³/mol. The average Bonchev–Trinajstić information content (AvgIpc) is 3.39. The third-order valence-electron chi connectivity index (χ3n) is 12.1. The van der Waals surface area contributed by atoms with Gasteiger partial charge >= 0.3 is 5.97 Å². The molecule has 2 aromatic carbocycles. The van der Waals surface area contributed by atoms with E-state index in [2.05, 4.69) is 20.3 Å². The number of phenolic OH excluding ortho intramolecular Hbond substituents is 3. The normalized spacial score (nSPS) is 16.9. The molecule has 388 valence electrons. The van der Waals surface area contributed by atoms with Crippen molar-refractivity contribution in [3.63, 3.8) is 0 Å². The van der Waals surface area contributed by atoms with Crippen LogP contribution in [0, 0.1) is 20.8 Å². The van der Waals surface area contributed by atoms with Gasteiger partial charge in [-0.05, 0) is 139 Å². The number of rotatable bonds is 10. The molecule has 8 rings (SSSR count). The van der Waals surface area contributed by atoms with Gasteiger partial charge in [-0.3, -0.25) is 34.1 Å². The first-order valence-corrected chi connectivity index (χ1v) is 23.7. The van der Waals surface area contributed by atoms with E-state index >= 15 is 0 Å². The van der Waals surface area contributed by atoms with E-state index in [1.807, 2.05) is 18.7 Å². The number of amides is 2. The number of aromatic nitrogens is 3. The van der Waals surface area contributed by atoms with Crippen molar-refractivity contribution in [3.8, 4) is 23.0 Å². The molecule has 3 aliphatic heterocycles. The number of nitrogens with zero attached hydrogens (tertiary/aromatic N) is 5. The highest BCUT2D eigenvalue weighted by atomic mass is 35.5. The number of aromatic carboxylic acids is 1. The molecule has 18 nitrogen and oxygen atoms in total. The summed E-state index contributed by atoms with van der Waals surface area (Å²) >= 11 is 0.